The van der Waals surface area contributed by atoms with Gasteiger partial charge in [-0.2, -0.15) is 0 Å². The van der Waals surface area contributed by atoms with Crippen LogP contribution in [0.2, 0.25) is 0 Å². The Bertz CT molecular complexity index is 278. The van der Waals surface area contributed by atoms with Gasteiger partial charge >= 0.3 is 0 Å². The van der Waals surface area contributed by atoms with E-state index in [1.807, 2.05) is 0 Å². The molecule has 0 heterocycles. The number of aliphatic hydroxyl groups excluding tert-OH is 1. The van der Waals surface area contributed by atoms with Gasteiger partial charge in [0.15, 0.2) is 0 Å². The SMILES string of the molecule is CC(C)CC1CC(I)C(OC2CCC(O)CC2)C(I)C1. The molecule has 0 aromatic heterocycles. The molecule has 20 heavy (non-hydrogen) atoms. The van der Waals surface area contributed by atoms with Crippen molar-refractivity contribution in [2.75, 3.05) is 0 Å². The number of rotatable bonds is 4. The van der Waals surface area contributed by atoms with Crippen LogP contribution in [0.3, 0.4) is 0 Å². The molecule has 0 saturated heterocycles. The second kappa shape index (κ2) is 8.29. The molecule has 0 radical (unpaired) electrons. The number of aliphatic hydroxyl groups is 1. The summed E-state index contributed by atoms with van der Waals surface area (Å²) in [5, 5.41) is 9.60. The van der Waals surface area contributed by atoms with Gasteiger partial charge in [-0.1, -0.05) is 59.0 Å². The highest BCUT2D eigenvalue weighted by Gasteiger charge is 2.37. The molecule has 0 aromatic carbocycles. The number of halogens is 2. The lowest BCUT2D eigenvalue weighted by Crippen LogP contribution is -2.43. The Hall–Kier alpha value is 1.38. The Morgan fingerprint density at radius 2 is 1.60 bits per heavy atom. The zero-order valence-corrected chi connectivity index (χ0v) is 16.9. The van der Waals surface area contributed by atoms with Gasteiger partial charge in [0.1, 0.15) is 0 Å². The van der Waals surface area contributed by atoms with E-state index >= 15 is 0 Å². The molecule has 2 rings (SSSR count). The first-order valence-electron chi connectivity index (χ1n) is 8.07. The third kappa shape index (κ3) is 5.23. The third-order valence-electron chi connectivity index (χ3n) is 4.63. The number of hydrogen-bond acceptors (Lipinski definition) is 2. The Labute approximate surface area is 151 Å². The van der Waals surface area contributed by atoms with Crippen molar-refractivity contribution in [3.63, 3.8) is 0 Å². The van der Waals surface area contributed by atoms with E-state index in [4.69, 9.17) is 4.74 Å². The maximum absolute atomic E-state index is 9.60. The van der Waals surface area contributed by atoms with E-state index in [-0.39, 0.29) is 6.10 Å². The average Bonchev–Trinajstić information content (AvgIpc) is 2.35. The monoisotopic (exact) mass is 506 g/mol. The van der Waals surface area contributed by atoms with E-state index in [9.17, 15) is 5.11 Å². The molecule has 0 amide bonds. The van der Waals surface area contributed by atoms with Crippen LogP contribution < -0.4 is 0 Å². The lowest BCUT2D eigenvalue weighted by Gasteiger charge is -2.40. The highest BCUT2D eigenvalue weighted by molar-refractivity contribution is 14.1. The van der Waals surface area contributed by atoms with Gasteiger partial charge in [-0.3, -0.25) is 0 Å². The average molecular weight is 506 g/mol. The molecule has 0 bridgehead atoms. The molecule has 0 aromatic rings. The Morgan fingerprint density at radius 1 is 1.05 bits per heavy atom. The molecule has 2 unspecified atom stereocenters. The summed E-state index contributed by atoms with van der Waals surface area (Å²) in [4.78, 5) is 0. The second-order valence-corrected chi connectivity index (χ2v) is 10.2. The van der Waals surface area contributed by atoms with Crippen molar-refractivity contribution in [1.82, 2.24) is 0 Å². The summed E-state index contributed by atoms with van der Waals surface area (Å²) in [5.41, 5.74) is 0. The molecule has 2 fully saturated rings. The molecular weight excluding hydrogens is 478 g/mol. The molecule has 1 N–H and O–H groups in total. The molecular formula is C16H28I2O2. The largest absolute Gasteiger partial charge is 0.393 e. The normalized spacial score (nSPS) is 42.9. The maximum atomic E-state index is 9.60. The molecule has 2 nitrogen and oxygen atoms in total. The zero-order valence-electron chi connectivity index (χ0n) is 12.6. The van der Waals surface area contributed by atoms with Crippen LogP contribution in [0, 0.1) is 11.8 Å². The summed E-state index contributed by atoms with van der Waals surface area (Å²) in [6, 6.07) is 0. The smallest absolute Gasteiger partial charge is 0.0813 e. The van der Waals surface area contributed by atoms with Crippen molar-refractivity contribution in [3.8, 4) is 0 Å². The van der Waals surface area contributed by atoms with E-state index < -0.39 is 0 Å². The maximum Gasteiger partial charge on any atom is 0.0813 e. The van der Waals surface area contributed by atoms with Crippen LogP contribution in [0.5, 0.6) is 0 Å². The molecule has 4 heteroatoms. The third-order valence-corrected chi connectivity index (χ3v) is 7.06. The van der Waals surface area contributed by atoms with Crippen molar-refractivity contribution in [3.05, 3.63) is 0 Å². The topological polar surface area (TPSA) is 29.5 Å². The van der Waals surface area contributed by atoms with Crippen LogP contribution in [0.1, 0.15) is 58.8 Å². The number of alkyl halides is 2. The van der Waals surface area contributed by atoms with E-state index in [1.165, 1.54) is 19.3 Å². The van der Waals surface area contributed by atoms with E-state index in [2.05, 4.69) is 59.0 Å². The highest BCUT2D eigenvalue weighted by Crippen LogP contribution is 2.40. The molecule has 2 aliphatic rings. The molecule has 0 spiro atoms. The first-order chi connectivity index (χ1) is 9.45. The summed E-state index contributed by atoms with van der Waals surface area (Å²) in [6.45, 7) is 4.67. The molecule has 2 atom stereocenters. The van der Waals surface area contributed by atoms with Gasteiger partial charge in [0.2, 0.25) is 0 Å². The Kier molecular flexibility index (Phi) is 7.35. The van der Waals surface area contributed by atoms with Crippen LogP contribution in [0.25, 0.3) is 0 Å². The minimum atomic E-state index is -0.0811. The summed E-state index contributed by atoms with van der Waals surface area (Å²) >= 11 is 5.23. The quantitative estimate of drug-likeness (QED) is 0.441. The van der Waals surface area contributed by atoms with Crippen LogP contribution in [-0.4, -0.2) is 31.3 Å². The first kappa shape index (κ1) is 17.7. The predicted octanol–water partition coefficient (Wildman–Crippen LogP) is 4.74. The van der Waals surface area contributed by atoms with Crippen molar-refractivity contribution < 1.29 is 9.84 Å². The summed E-state index contributed by atoms with van der Waals surface area (Å²) in [7, 11) is 0. The first-order valence-corrected chi connectivity index (χ1v) is 10.6. The van der Waals surface area contributed by atoms with Gasteiger partial charge in [0.25, 0.3) is 0 Å². The van der Waals surface area contributed by atoms with Crippen molar-refractivity contribution >= 4 is 45.2 Å². The van der Waals surface area contributed by atoms with E-state index in [0.29, 0.717) is 20.1 Å². The minimum absolute atomic E-state index is 0.0811. The number of hydrogen-bond donors (Lipinski definition) is 1. The van der Waals surface area contributed by atoms with Crippen molar-refractivity contribution in [1.29, 1.82) is 0 Å². The molecule has 0 aliphatic heterocycles. The van der Waals surface area contributed by atoms with Gasteiger partial charge < -0.3 is 9.84 Å². The lowest BCUT2D eigenvalue weighted by atomic mass is 9.82. The second-order valence-electron chi connectivity index (χ2n) is 7.03. The lowest BCUT2D eigenvalue weighted by molar-refractivity contribution is -0.0555. The fraction of sp³-hybridized carbons (Fsp3) is 1.00. The van der Waals surface area contributed by atoms with Gasteiger partial charge in [0, 0.05) is 7.85 Å². The molecule has 118 valence electrons. The van der Waals surface area contributed by atoms with Crippen LogP contribution in [-0.2, 0) is 4.74 Å². The Balaban J connectivity index is 1.83. The van der Waals surface area contributed by atoms with Crippen LogP contribution >= 0.6 is 45.2 Å². The summed E-state index contributed by atoms with van der Waals surface area (Å²) in [5.74, 6) is 1.69. The van der Waals surface area contributed by atoms with Gasteiger partial charge in [0.05, 0.1) is 18.3 Å². The van der Waals surface area contributed by atoms with Crippen LogP contribution in [0.15, 0.2) is 0 Å². The van der Waals surface area contributed by atoms with E-state index in [1.54, 1.807) is 0 Å². The molecule has 2 saturated carbocycles. The Morgan fingerprint density at radius 3 is 2.10 bits per heavy atom. The standard InChI is InChI=1S/C16H28I2O2/c1-10(2)7-11-8-14(17)16(15(18)9-11)20-13-5-3-12(19)4-6-13/h10-16,19H,3-9H2,1-2H3. The van der Waals surface area contributed by atoms with Crippen LogP contribution in [0.4, 0.5) is 0 Å². The van der Waals surface area contributed by atoms with Gasteiger partial charge in [-0.05, 0) is 56.8 Å². The van der Waals surface area contributed by atoms with Gasteiger partial charge in [-0.15, -0.1) is 0 Å². The minimum Gasteiger partial charge on any atom is -0.393 e. The fourth-order valence-electron chi connectivity index (χ4n) is 3.66. The van der Waals surface area contributed by atoms with Gasteiger partial charge in [-0.25, -0.2) is 0 Å². The summed E-state index contributed by atoms with van der Waals surface area (Å²) in [6.07, 6.45) is 8.65. The highest BCUT2D eigenvalue weighted by atomic mass is 127. The van der Waals surface area contributed by atoms with Crippen molar-refractivity contribution in [2.45, 2.75) is 85.0 Å². The number of ether oxygens (including phenoxy) is 1. The van der Waals surface area contributed by atoms with Crippen molar-refractivity contribution in [2.24, 2.45) is 11.8 Å². The fourth-order valence-corrected chi connectivity index (χ4v) is 7.24. The zero-order chi connectivity index (χ0) is 14.7. The molecule has 2 aliphatic carbocycles. The summed E-state index contributed by atoms with van der Waals surface area (Å²) < 4.78 is 7.74. The van der Waals surface area contributed by atoms with E-state index in [0.717, 1.165) is 37.5 Å². The predicted molar refractivity (Wildman–Crippen MR) is 101 cm³/mol.